The minimum Gasteiger partial charge on any atom is -0.493 e. The largest absolute Gasteiger partial charge is 0.493 e. The molecule has 0 saturated heterocycles. The average Bonchev–Trinajstić information content (AvgIpc) is 2.84. The number of hydrogen-bond acceptors (Lipinski definition) is 11. The van der Waals surface area contributed by atoms with E-state index in [2.05, 4.69) is 25.9 Å². The molecule has 1 heterocycles. The second-order valence-corrected chi connectivity index (χ2v) is 8.87. The number of nitriles is 1. The van der Waals surface area contributed by atoms with Gasteiger partial charge in [-0.05, 0) is 12.3 Å². The number of nitrogens with zero attached hydrogens (tertiary/aromatic N) is 3. The number of nitrogens with one attached hydrogen (secondary N) is 3. The van der Waals surface area contributed by atoms with Crippen LogP contribution in [0.2, 0.25) is 0 Å². The lowest BCUT2D eigenvalue weighted by Crippen LogP contribution is -2.41. The van der Waals surface area contributed by atoms with Gasteiger partial charge in [0.25, 0.3) is 10.9 Å². The molecular formula is C24H28N6O5. The van der Waals surface area contributed by atoms with Crippen LogP contribution in [0.3, 0.4) is 0 Å². The molecule has 2 aromatic carbocycles. The smallest absolute Gasteiger partial charge is 0.253 e. The molecule has 0 aliphatic heterocycles. The van der Waals surface area contributed by atoms with Gasteiger partial charge in [-0.25, -0.2) is 4.98 Å². The van der Waals surface area contributed by atoms with Crippen molar-refractivity contribution in [3.8, 4) is 23.3 Å². The van der Waals surface area contributed by atoms with Crippen molar-refractivity contribution in [1.82, 2.24) is 9.97 Å². The summed E-state index contributed by atoms with van der Waals surface area (Å²) >= 11 is 0. The summed E-state index contributed by atoms with van der Waals surface area (Å²) < 4.78 is 16.0. The van der Waals surface area contributed by atoms with Crippen LogP contribution in [0.4, 0.5) is 28.8 Å². The first-order chi connectivity index (χ1) is 16.5. The van der Waals surface area contributed by atoms with Crippen LogP contribution in [0.5, 0.6) is 17.2 Å². The van der Waals surface area contributed by atoms with E-state index in [9.17, 15) is 14.9 Å². The number of benzene rings is 1. The van der Waals surface area contributed by atoms with Gasteiger partial charge in [0.05, 0.1) is 27.5 Å². The van der Waals surface area contributed by atoms with Crippen molar-refractivity contribution in [2.45, 2.75) is 33.7 Å². The molecule has 3 aromatic rings. The predicted octanol–water partition coefficient (Wildman–Crippen LogP) is 3.30. The normalized spacial score (nSPS) is 11.9. The average molecular weight is 481 g/mol. The fraction of sp³-hybridized carbons (Fsp3) is 0.375. The standard InChI is InChI=1S/C24H28N6O5/c1-12(24(2,3)4)27-17-18(20(32)19(17)31)29-22-13(10-25)11-26-23(30-22)28-14-8-15(33-5)21(35-7)16(9-14)34-6/h8-9,11-12,27H,1-7H3,(H2,26,28,29,30)/t12-/m1/s1. The molecule has 0 unspecified atom stereocenters. The summed E-state index contributed by atoms with van der Waals surface area (Å²) in [6, 6.07) is 5.23. The van der Waals surface area contributed by atoms with Crippen LogP contribution in [0.15, 0.2) is 27.9 Å². The molecule has 11 heteroatoms. The Balaban J connectivity index is 1.94. The van der Waals surface area contributed by atoms with E-state index in [1.54, 1.807) is 12.1 Å². The zero-order chi connectivity index (χ0) is 25.9. The van der Waals surface area contributed by atoms with E-state index in [4.69, 9.17) is 14.2 Å². The monoisotopic (exact) mass is 480 g/mol. The molecule has 1 atom stereocenters. The van der Waals surface area contributed by atoms with Crippen molar-refractivity contribution in [3.05, 3.63) is 44.3 Å². The highest BCUT2D eigenvalue weighted by molar-refractivity contribution is 5.79. The first-order valence-electron chi connectivity index (χ1n) is 10.7. The lowest BCUT2D eigenvalue weighted by molar-refractivity contribution is 0.324. The van der Waals surface area contributed by atoms with Gasteiger partial charge < -0.3 is 30.2 Å². The highest BCUT2D eigenvalue weighted by Crippen LogP contribution is 2.40. The Kier molecular flexibility index (Phi) is 7.14. The Morgan fingerprint density at radius 3 is 2.09 bits per heavy atom. The fourth-order valence-electron chi connectivity index (χ4n) is 3.10. The summed E-state index contributed by atoms with van der Waals surface area (Å²) in [5, 5.41) is 18.5. The molecule has 0 radical (unpaired) electrons. The van der Waals surface area contributed by atoms with Gasteiger partial charge in [0.15, 0.2) is 17.3 Å². The predicted molar refractivity (Wildman–Crippen MR) is 133 cm³/mol. The van der Waals surface area contributed by atoms with Crippen LogP contribution in [0, 0.1) is 16.7 Å². The number of rotatable bonds is 9. The van der Waals surface area contributed by atoms with E-state index in [0.717, 1.165) is 0 Å². The molecule has 0 amide bonds. The van der Waals surface area contributed by atoms with Crippen LogP contribution < -0.4 is 41.0 Å². The second-order valence-electron chi connectivity index (χ2n) is 8.87. The molecule has 184 valence electrons. The minimum atomic E-state index is -0.685. The molecule has 1 aromatic heterocycles. The van der Waals surface area contributed by atoms with E-state index in [0.29, 0.717) is 22.9 Å². The summed E-state index contributed by atoms with van der Waals surface area (Å²) in [6.07, 6.45) is 1.31. The van der Waals surface area contributed by atoms with Gasteiger partial charge in [0.2, 0.25) is 11.7 Å². The molecule has 0 bridgehead atoms. The number of ether oxygens (including phenoxy) is 3. The second kappa shape index (κ2) is 9.89. The highest BCUT2D eigenvalue weighted by Gasteiger charge is 2.27. The molecule has 35 heavy (non-hydrogen) atoms. The van der Waals surface area contributed by atoms with E-state index in [1.807, 2.05) is 33.8 Å². The van der Waals surface area contributed by atoms with Crippen molar-refractivity contribution >= 4 is 28.8 Å². The summed E-state index contributed by atoms with van der Waals surface area (Å²) in [5.74, 6) is 1.49. The Bertz CT molecular complexity index is 1320. The first kappa shape index (κ1) is 25.3. The summed E-state index contributed by atoms with van der Waals surface area (Å²) in [4.78, 5) is 33.0. The van der Waals surface area contributed by atoms with Crippen LogP contribution in [0.25, 0.3) is 0 Å². The van der Waals surface area contributed by atoms with Crippen molar-refractivity contribution in [3.63, 3.8) is 0 Å². The van der Waals surface area contributed by atoms with Gasteiger partial charge in [0, 0.05) is 23.9 Å². The Labute approximate surface area is 202 Å². The topological polar surface area (TPSA) is 147 Å². The number of anilines is 5. The maximum absolute atomic E-state index is 12.3. The maximum atomic E-state index is 12.3. The summed E-state index contributed by atoms with van der Waals surface area (Å²) in [5.41, 5.74) is -0.600. The van der Waals surface area contributed by atoms with Crippen molar-refractivity contribution in [2.24, 2.45) is 5.41 Å². The first-order valence-corrected chi connectivity index (χ1v) is 10.7. The molecule has 0 aliphatic rings. The number of methoxy groups -OCH3 is 3. The van der Waals surface area contributed by atoms with Crippen LogP contribution in [0.1, 0.15) is 33.3 Å². The van der Waals surface area contributed by atoms with Gasteiger partial charge in [0.1, 0.15) is 23.0 Å². The van der Waals surface area contributed by atoms with Gasteiger partial charge in [-0.3, -0.25) is 9.59 Å². The molecule has 0 aliphatic carbocycles. The van der Waals surface area contributed by atoms with Crippen molar-refractivity contribution in [2.75, 3.05) is 37.3 Å². The highest BCUT2D eigenvalue weighted by atomic mass is 16.5. The molecule has 3 rings (SSSR count). The Morgan fingerprint density at radius 2 is 1.57 bits per heavy atom. The third-order valence-corrected chi connectivity index (χ3v) is 5.64. The van der Waals surface area contributed by atoms with Crippen molar-refractivity contribution in [1.29, 1.82) is 5.26 Å². The number of hydrogen-bond donors (Lipinski definition) is 3. The van der Waals surface area contributed by atoms with E-state index >= 15 is 0 Å². The van der Waals surface area contributed by atoms with E-state index < -0.39 is 10.9 Å². The molecule has 0 spiro atoms. The Morgan fingerprint density at radius 1 is 0.971 bits per heavy atom. The molecule has 0 fully saturated rings. The van der Waals surface area contributed by atoms with E-state index in [-0.39, 0.29) is 40.2 Å². The fourth-order valence-corrected chi connectivity index (χ4v) is 3.10. The van der Waals surface area contributed by atoms with Crippen LogP contribution in [-0.2, 0) is 0 Å². The zero-order valence-corrected chi connectivity index (χ0v) is 20.7. The quantitative estimate of drug-likeness (QED) is 0.387. The molecular weight excluding hydrogens is 452 g/mol. The Hall–Kier alpha value is -4.33. The van der Waals surface area contributed by atoms with E-state index in [1.165, 1.54) is 27.5 Å². The van der Waals surface area contributed by atoms with Gasteiger partial charge in [-0.2, -0.15) is 10.2 Å². The molecule has 11 nitrogen and oxygen atoms in total. The van der Waals surface area contributed by atoms with Gasteiger partial charge in [-0.15, -0.1) is 0 Å². The van der Waals surface area contributed by atoms with Gasteiger partial charge >= 0.3 is 0 Å². The third-order valence-electron chi connectivity index (χ3n) is 5.64. The molecule has 3 N–H and O–H groups in total. The lowest BCUT2D eigenvalue weighted by atomic mass is 9.87. The summed E-state index contributed by atoms with van der Waals surface area (Å²) in [6.45, 7) is 7.97. The van der Waals surface area contributed by atoms with Gasteiger partial charge in [-0.1, -0.05) is 20.8 Å². The summed E-state index contributed by atoms with van der Waals surface area (Å²) in [7, 11) is 4.50. The minimum absolute atomic E-state index is 0.0556. The van der Waals surface area contributed by atoms with Crippen LogP contribution >= 0.6 is 0 Å². The van der Waals surface area contributed by atoms with Crippen LogP contribution in [-0.4, -0.2) is 37.3 Å². The lowest BCUT2D eigenvalue weighted by Gasteiger charge is -2.30. The number of aromatic nitrogens is 2. The van der Waals surface area contributed by atoms with Crippen molar-refractivity contribution < 1.29 is 14.2 Å². The third kappa shape index (κ3) is 5.11. The maximum Gasteiger partial charge on any atom is 0.253 e. The SMILES string of the molecule is COc1cc(Nc2ncc(C#N)c(Nc3c(N[C@H](C)C(C)(C)C)c(=O)c3=O)n2)cc(OC)c1OC. The zero-order valence-electron chi connectivity index (χ0n) is 20.7. The molecule has 0 saturated carbocycles.